The van der Waals surface area contributed by atoms with E-state index in [1.807, 2.05) is 49.4 Å². The van der Waals surface area contributed by atoms with E-state index in [-0.39, 0.29) is 12.5 Å². The average Bonchev–Trinajstić information content (AvgIpc) is 3.10. The topological polar surface area (TPSA) is 64.4 Å². The Bertz CT molecular complexity index is 1200. The van der Waals surface area contributed by atoms with Gasteiger partial charge in [0, 0.05) is 17.1 Å². The lowest BCUT2D eigenvalue weighted by Gasteiger charge is -2.09. The van der Waals surface area contributed by atoms with Crippen LogP contribution in [0.5, 0.6) is 5.75 Å². The van der Waals surface area contributed by atoms with E-state index in [0.29, 0.717) is 33.8 Å². The molecule has 0 aliphatic heterocycles. The molecule has 0 bridgehead atoms. The Hall–Kier alpha value is -3.02. The number of nitrogens with one attached hydrogen (secondary N) is 1. The van der Waals surface area contributed by atoms with E-state index in [4.69, 9.17) is 32.4 Å². The lowest BCUT2D eigenvalue weighted by Crippen LogP contribution is -2.20. The van der Waals surface area contributed by atoms with Gasteiger partial charge in [0.1, 0.15) is 11.3 Å². The molecule has 0 saturated heterocycles. The highest BCUT2D eigenvalue weighted by Gasteiger charge is 2.09. The Kier molecular flexibility index (Phi) is 5.93. The van der Waals surface area contributed by atoms with Crippen molar-refractivity contribution in [1.82, 2.24) is 4.98 Å². The number of fused-ring (bicyclic) bond motifs is 1. The van der Waals surface area contributed by atoms with E-state index >= 15 is 0 Å². The molecule has 7 heteroatoms. The average molecular weight is 441 g/mol. The Balaban J connectivity index is 1.34. The molecule has 1 amide bonds. The van der Waals surface area contributed by atoms with Crippen molar-refractivity contribution in [1.29, 1.82) is 0 Å². The van der Waals surface area contributed by atoms with Crippen molar-refractivity contribution < 1.29 is 13.9 Å². The number of amides is 1. The molecule has 0 unspecified atom stereocenters. The third-order valence-corrected chi connectivity index (χ3v) is 4.96. The molecule has 5 nitrogen and oxygen atoms in total. The summed E-state index contributed by atoms with van der Waals surface area (Å²) in [4.78, 5) is 16.7. The third kappa shape index (κ3) is 4.93. The number of hydrogen-bond donors (Lipinski definition) is 1. The van der Waals surface area contributed by atoms with Gasteiger partial charge in [-0.1, -0.05) is 41.4 Å². The summed E-state index contributed by atoms with van der Waals surface area (Å²) in [6, 6.07) is 18.3. The van der Waals surface area contributed by atoms with Gasteiger partial charge in [0.2, 0.25) is 0 Å². The number of anilines is 1. The number of aromatic nitrogens is 1. The summed E-state index contributed by atoms with van der Waals surface area (Å²) >= 11 is 11.9. The van der Waals surface area contributed by atoms with Gasteiger partial charge in [-0.25, -0.2) is 4.98 Å². The lowest BCUT2D eigenvalue weighted by atomic mass is 10.1. The number of halogens is 2. The molecule has 1 aromatic heterocycles. The maximum atomic E-state index is 12.1. The van der Waals surface area contributed by atoms with E-state index < -0.39 is 0 Å². The van der Waals surface area contributed by atoms with E-state index in [2.05, 4.69) is 10.3 Å². The number of ether oxygens (including phenoxy) is 1. The van der Waals surface area contributed by atoms with E-state index in [0.717, 1.165) is 22.2 Å². The quantitative estimate of drug-likeness (QED) is 0.396. The van der Waals surface area contributed by atoms with Crippen LogP contribution in [0.25, 0.3) is 11.1 Å². The zero-order valence-electron chi connectivity index (χ0n) is 16.1. The monoisotopic (exact) mass is 440 g/mol. The fourth-order valence-corrected chi connectivity index (χ4v) is 3.44. The molecule has 0 aliphatic rings. The Morgan fingerprint density at radius 1 is 1.07 bits per heavy atom. The maximum Gasteiger partial charge on any atom is 0.262 e. The van der Waals surface area contributed by atoms with E-state index in [1.165, 1.54) is 0 Å². The molecule has 30 heavy (non-hydrogen) atoms. The fourth-order valence-electron chi connectivity index (χ4n) is 2.97. The molecule has 0 atom stereocenters. The molecule has 0 saturated carbocycles. The smallest absolute Gasteiger partial charge is 0.262 e. The van der Waals surface area contributed by atoms with Crippen LogP contribution in [0.4, 0.5) is 5.69 Å². The van der Waals surface area contributed by atoms with Crippen LogP contribution in [0.15, 0.2) is 65.1 Å². The number of aryl methyl sites for hydroxylation is 1. The second-order valence-corrected chi connectivity index (χ2v) is 7.71. The Labute approximate surface area is 183 Å². The van der Waals surface area contributed by atoms with Crippen molar-refractivity contribution in [3.63, 3.8) is 0 Å². The molecule has 0 fully saturated rings. The molecular weight excluding hydrogens is 423 g/mol. The zero-order chi connectivity index (χ0) is 21.1. The van der Waals surface area contributed by atoms with Crippen LogP contribution in [-0.2, 0) is 11.2 Å². The number of rotatable bonds is 6. The van der Waals surface area contributed by atoms with Crippen molar-refractivity contribution in [3.05, 3.63) is 87.7 Å². The van der Waals surface area contributed by atoms with Crippen molar-refractivity contribution in [3.8, 4) is 5.75 Å². The van der Waals surface area contributed by atoms with Gasteiger partial charge in [-0.15, -0.1) is 0 Å². The summed E-state index contributed by atoms with van der Waals surface area (Å²) in [5.41, 5.74) is 4.47. The molecule has 152 valence electrons. The van der Waals surface area contributed by atoms with Crippen LogP contribution >= 0.6 is 23.2 Å². The van der Waals surface area contributed by atoms with Crippen molar-refractivity contribution in [2.45, 2.75) is 13.3 Å². The van der Waals surface area contributed by atoms with Crippen LogP contribution in [0.2, 0.25) is 10.0 Å². The molecule has 1 heterocycles. The van der Waals surface area contributed by atoms with Crippen LogP contribution in [0, 0.1) is 6.92 Å². The minimum Gasteiger partial charge on any atom is -0.482 e. The van der Waals surface area contributed by atoms with Gasteiger partial charge >= 0.3 is 0 Å². The summed E-state index contributed by atoms with van der Waals surface area (Å²) in [6.45, 7) is 1.86. The highest BCUT2D eigenvalue weighted by molar-refractivity contribution is 6.35. The molecule has 4 rings (SSSR count). The first-order valence-electron chi connectivity index (χ1n) is 9.29. The summed E-state index contributed by atoms with van der Waals surface area (Å²) in [7, 11) is 0. The van der Waals surface area contributed by atoms with Gasteiger partial charge in [-0.3, -0.25) is 4.79 Å². The Morgan fingerprint density at radius 3 is 2.63 bits per heavy atom. The zero-order valence-corrected chi connectivity index (χ0v) is 17.6. The number of carbonyl (C=O) groups is 1. The molecule has 1 N–H and O–H groups in total. The van der Waals surface area contributed by atoms with Crippen molar-refractivity contribution in [2.24, 2.45) is 0 Å². The molecule has 4 aromatic rings. The number of benzene rings is 3. The molecule has 0 radical (unpaired) electrons. The second kappa shape index (κ2) is 8.78. The summed E-state index contributed by atoms with van der Waals surface area (Å²) < 4.78 is 11.2. The van der Waals surface area contributed by atoms with Crippen LogP contribution in [0.1, 0.15) is 17.0 Å². The van der Waals surface area contributed by atoms with Gasteiger partial charge < -0.3 is 14.5 Å². The number of oxazole rings is 1. The van der Waals surface area contributed by atoms with Crippen LogP contribution in [-0.4, -0.2) is 17.5 Å². The minimum absolute atomic E-state index is 0.161. The first-order chi connectivity index (χ1) is 14.5. The lowest BCUT2D eigenvalue weighted by molar-refractivity contribution is -0.118. The highest BCUT2D eigenvalue weighted by Crippen LogP contribution is 2.27. The standard InChI is InChI=1S/C23H18Cl2N2O3/c1-14-2-8-21-19(10-14)27-23(30-21)11-15-3-6-17(7-4-15)26-22(28)13-29-20-9-5-16(24)12-18(20)25/h2-10,12H,11,13H2,1H3,(H,26,28). The predicted molar refractivity (Wildman–Crippen MR) is 119 cm³/mol. The first kappa shape index (κ1) is 20.3. The van der Waals surface area contributed by atoms with E-state index in [1.54, 1.807) is 18.2 Å². The second-order valence-electron chi connectivity index (χ2n) is 6.86. The molecular formula is C23H18Cl2N2O3. The first-order valence-corrected chi connectivity index (χ1v) is 10.0. The maximum absolute atomic E-state index is 12.1. The molecule has 0 spiro atoms. The molecule has 3 aromatic carbocycles. The van der Waals surface area contributed by atoms with Crippen molar-refractivity contribution in [2.75, 3.05) is 11.9 Å². The van der Waals surface area contributed by atoms with Gasteiger partial charge in [0.05, 0.1) is 5.02 Å². The highest BCUT2D eigenvalue weighted by atomic mass is 35.5. The normalized spacial score (nSPS) is 10.9. The summed E-state index contributed by atoms with van der Waals surface area (Å²) in [5.74, 6) is 0.767. The largest absolute Gasteiger partial charge is 0.482 e. The number of hydrogen-bond acceptors (Lipinski definition) is 4. The summed E-state index contributed by atoms with van der Waals surface area (Å²) in [5, 5.41) is 3.65. The van der Waals surface area contributed by atoms with Crippen LogP contribution in [0.3, 0.4) is 0 Å². The van der Waals surface area contributed by atoms with Gasteiger partial charge in [-0.05, 0) is 60.5 Å². The Morgan fingerprint density at radius 2 is 1.87 bits per heavy atom. The van der Waals surface area contributed by atoms with Crippen molar-refractivity contribution >= 4 is 45.9 Å². The number of nitrogens with zero attached hydrogens (tertiary/aromatic N) is 1. The van der Waals surface area contributed by atoms with E-state index in [9.17, 15) is 4.79 Å². The van der Waals surface area contributed by atoms with Gasteiger partial charge in [0.25, 0.3) is 5.91 Å². The third-order valence-electron chi connectivity index (χ3n) is 4.43. The minimum atomic E-state index is -0.289. The summed E-state index contributed by atoms with van der Waals surface area (Å²) in [6.07, 6.45) is 0.570. The molecule has 0 aliphatic carbocycles. The SMILES string of the molecule is Cc1ccc2oc(Cc3ccc(NC(=O)COc4ccc(Cl)cc4Cl)cc3)nc2c1. The fraction of sp³-hybridized carbons (Fsp3) is 0.130. The van der Waals surface area contributed by atoms with Crippen LogP contribution < -0.4 is 10.1 Å². The predicted octanol–water partition coefficient (Wildman–Crippen LogP) is 6.05. The van der Waals surface area contributed by atoms with Gasteiger partial charge in [-0.2, -0.15) is 0 Å². The van der Waals surface area contributed by atoms with Gasteiger partial charge in [0.15, 0.2) is 18.1 Å². The number of carbonyl (C=O) groups excluding carboxylic acids is 1.